The van der Waals surface area contributed by atoms with Gasteiger partial charge in [-0.1, -0.05) is 363 Å². The summed E-state index contributed by atoms with van der Waals surface area (Å²) in [5, 5.41) is 10.6. The van der Waals surface area contributed by atoms with E-state index in [0.717, 1.165) is 108 Å². The molecule has 0 aliphatic heterocycles. The quantitative estimate of drug-likeness (QED) is 0.0222. The minimum Gasteiger partial charge on any atom is -0.462 e. The summed E-state index contributed by atoms with van der Waals surface area (Å²) in [6, 6.07) is 0. The van der Waals surface area contributed by atoms with Gasteiger partial charge in [-0.3, -0.25) is 37.3 Å². The molecule has 4 unspecified atom stereocenters. The standard InChI is InChI=1S/C80H156O17P2/c1-8-11-12-13-14-15-16-17-23-26-33-42-49-56-63-79(84)97-76(68-91-78(83)62-55-48-41-36-35-39-46-53-60-73(7)10-3)70-95-99(88,89)93-66-74(81)65-92-98(86,87)94-69-75(67-90-77(82)61-54-47-40-32-29-28-31-38-45-52-59-72(6)9-2)96-80(85)64-57-50-43-34-27-24-21-19-18-20-22-25-30-37-44-51-58-71(4)5/h71-76,81H,8-70H2,1-7H3,(H,86,87)(H,88,89)/t72?,73?,74-,75-,76-/m1/s1. The molecular weight excluding hydrogens is 1290 g/mol. The molecule has 0 radical (unpaired) electrons. The van der Waals surface area contributed by atoms with Crippen molar-refractivity contribution < 1.29 is 80.2 Å². The first-order chi connectivity index (χ1) is 47.8. The third-order valence-corrected chi connectivity index (χ3v) is 21.3. The van der Waals surface area contributed by atoms with Gasteiger partial charge in [-0.05, 0) is 43.4 Å². The maximum atomic E-state index is 13.1. The van der Waals surface area contributed by atoms with Crippen LogP contribution < -0.4 is 0 Å². The number of ether oxygens (including phenoxy) is 4. The Bertz CT molecular complexity index is 1930. The Morgan fingerprint density at radius 3 is 0.768 bits per heavy atom. The van der Waals surface area contributed by atoms with Gasteiger partial charge in [0.15, 0.2) is 12.2 Å². The zero-order chi connectivity index (χ0) is 73.0. The number of phosphoric acid groups is 2. The topological polar surface area (TPSA) is 237 Å². The maximum Gasteiger partial charge on any atom is 0.472 e. The van der Waals surface area contributed by atoms with Gasteiger partial charge in [0.25, 0.3) is 0 Å². The molecule has 0 saturated heterocycles. The number of carbonyl (C=O) groups excluding carboxylic acids is 4. The fraction of sp³-hybridized carbons (Fsp3) is 0.950. The summed E-state index contributed by atoms with van der Waals surface area (Å²) in [6.45, 7) is 12.0. The highest BCUT2D eigenvalue weighted by atomic mass is 31.2. The van der Waals surface area contributed by atoms with E-state index in [1.54, 1.807) is 0 Å². The molecule has 0 aromatic rings. The number of phosphoric ester groups is 2. The van der Waals surface area contributed by atoms with Crippen LogP contribution >= 0.6 is 15.6 Å². The zero-order valence-electron chi connectivity index (χ0n) is 65.0. The summed E-state index contributed by atoms with van der Waals surface area (Å²) in [5.74, 6) is 0.286. The first-order valence-electron chi connectivity index (χ1n) is 41.4. The number of rotatable bonds is 78. The van der Waals surface area contributed by atoms with Crippen LogP contribution in [0.3, 0.4) is 0 Å². The lowest BCUT2D eigenvalue weighted by Crippen LogP contribution is -2.30. The number of carbonyl (C=O) groups is 4. The molecule has 99 heavy (non-hydrogen) atoms. The highest BCUT2D eigenvalue weighted by Gasteiger charge is 2.30. The van der Waals surface area contributed by atoms with Gasteiger partial charge in [0.05, 0.1) is 26.4 Å². The van der Waals surface area contributed by atoms with E-state index in [1.807, 2.05) is 0 Å². The van der Waals surface area contributed by atoms with Crippen LogP contribution in [-0.2, 0) is 65.4 Å². The van der Waals surface area contributed by atoms with Crippen molar-refractivity contribution in [3.63, 3.8) is 0 Å². The summed E-state index contributed by atoms with van der Waals surface area (Å²) in [6.07, 6.45) is 58.0. The predicted octanol–water partition coefficient (Wildman–Crippen LogP) is 23.7. The summed E-state index contributed by atoms with van der Waals surface area (Å²) in [4.78, 5) is 73.0. The van der Waals surface area contributed by atoms with E-state index in [2.05, 4.69) is 48.5 Å². The first kappa shape index (κ1) is 97.1. The third-order valence-electron chi connectivity index (χ3n) is 19.4. The SMILES string of the molecule is CCCCCCCCCCCCCCCCC(=O)O[C@H](COC(=O)CCCCCCCCCCC(C)CC)COP(=O)(O)OC[C@H](O)COP(=O)(O)OC[C@@H](COC(=O)CCCCCCCCCCCCC(C)CC)OC(=O)CCCCCCCCCCCCCCCCCCC(C)C. The molecule has 0 rings (SSSR count). The number of hydrogen-bond donors (Lipinski definition) is 3. The zero-order valence-corrected chi connectivity index (χ0v) is 66.8. The molecule has 0 amide bonds. The van der Waals surface area contributed by atoms with Crippen LogP contribution in [-0.4, -0.2) is 96.7 Å². The molecule has 19 heteroatoms. The summed E-state index contributed by atoms with van der Waals surface area (Å²) >= 11 is 0. The highest BCUT2D eigenvalue weighted by molar-refractivity contribution is 7.47. The minimum atomic E-state index is -4.96. The lowest BCUT2D eigenvalue weighted by Gasteiger charge is -2.21. The van der Waals surface area contributed by atoms with Crippen molar-refractivity contribution in [2.75, 3.05) is 39.6 Å². The molecule has 0 aromatic heterocycles. The molecule has 7 atom stereocenters. The van der Waals surface area contributed by atoms with Gasteiger partial charge >= 0.3 is 39.5 Å². The predicted molar refractivity (Wildman–Crippen MR) is 405 cm³/mol. The average molecular weight is 1450 g/mol. The number of aliphatic hydroxyl groups excluding tert-OH is 1. The van der Waals surface area contributed by atoms with Crippen LogP contribution in [0.15, 0.2) is 0 Å². The van der Waals surface area contributed by atoms with Crippen LogP contribution in [0.4, 0.5) is 0 Å². The van der Waals surface area contributed by atoms with Crippen molar-refractivity contribution in [3.05, 3.63) is 0 Å². The van der Waals surface area contributed by atoms with Crippen molar-refractivity contribution in [2.24, 2.45) is 17.8 Å². The van der Waals surface area contributed by atoms with Crippen molar-refractivity contribution in [3.8, 4) is 0 Å². The molecule has 0 spiro atoms. The highest BCUT2D eigenvalue weighted by Crippen LogP contribution is 2.45. The number of esters is 4. The van der Waals surface area contributed by atoms with Gasteiger partial charge in [0.1, 0.15) is 19.3 Å². The molecule has 17 nitrogen and oxygen atoms in total. The molecular formula is C80H156O17P2. The van der Waals surface area contributed by atoms with Crippen LogP contribution in [0.2, 0.25) is 0 Å². The first-order valence-corrected chi connectivity index (χ1v) is 44.4. The van der Waals surface area contributed by atoms with Gasteiger partial charge in [-0.2, -0.15) is 0 Å². The molecule has 3 N–H and O–H groups in total. The summed E-state index contributed by atoms with van der Waals surface area (Å²) < 4.78 is 68.7. The van der Waals surface area contributed by atoms with E-state index in [-0.39, 0.29) is 25.7 Å². The third kappa shape index (κ3) is 71.5. The normalized spacial score (nSPS) is 14.5. The van der Waals surface area contributed by atoms with E-state index in [4.69, 9.17) is 37.0 Å². The van der Waals surface area contributed by atoms with Gasteiger partial charge in [0.2, 0.25) is 0 Å². The maximum absolute atomic E-state index is 13.1. The lowest BCUT2D eigenvalue weighted by molar-refractivity contribution is -0.161. The monoisotopic (exact) mass is 1450 g/mol. The van der Waals surface area contributed by atoms with E-state index < -0.39 is 97.5 Å². The molecule has 0 fully saturated rings. The Balaban J connectivity index is 5.26. The Hall–Kier alpha value is -1.94. The largest absolute Gasteiger partial charge is 0.472 e. The minimum absolute atomic E-state index is 0.107. The Kier molecular flexibility index (Phi) is 69.0. The van der Waals surface area contributed by atoms with Crippen LogP contribution in [0, 0.1) is 17.8 Å². The van der Waals surface area contributed by atoms with Crippen LogP contribution in [0.25, 0.3) is 0 Å². The second-order valence-corrected chi connectivity index (χ2v) is 32.7. The second-order valence-electron chi connectivity index (χ2n) is 29.8. The van der Waals surface area contributed by atoms with Gasteiger partial charge in [-0.15, -0.1) is 0 Å². The fourth-order valence-electron chi connectivity index (χ4n) is 12.2. The van der Waals surface area contributed by atoms with Crippen molar-refractivity contribution in [2.45, 2.75) is 433 Å². The van der Waals surface area contributed by atoms with Gasteiger partial charge < -0.3 is 33.8 Å². The Labute approximate surface area is 607 Å². The molecule has 0 aliphatic carbocycles. The van der Waals surface area contributed by atoms with Crippen LogP contribution in [0.1, 0.15) is 414 Å². The number of aliphatic hydroxyl groups is 1. The van der Waals surface area contributed by atoms with Crippen molar-refractivity contribution >= 4 is 39.5 Å². The van der Waals surface area contributed by atoms with Crippen LogP contribution in [0.5, 0.6) is 0 Å². The number of hydrogen-bond acceptors (Lipinski definition) is 15. The van der Waals surface area contributed by atoms with Crippen molar-refractivity contribution in [1.29, 1.82) is 0 Å². The van der Waals surface area contributed by atoms with E-state index in [1.165, 1.54) is 225 Å². The molecule has 0 saturated carbocycles. The summed E-state index contributed by atoms with van der Waals surface area (Å²) in [7, 11) is -9.92. The lowest BCUT2D eigenvalue weighted by atomic mass is 9.99. The average Bonchev–Trinajstić information content (AvgIpc) is 1.12. The van der Waals surface area contributed by atoms with Gasteiger partial charge in [0, 0.05) is 25.7 Å². The second kappa shape index (κ2) is 70.4. The van der Waals surface area contributed by atoms with E-state index in [0.29, 0.717) is 25.7 Å². The molecule has 0 aromatic carbocycles. The fourth-order valence-corrected chi connectivity index (χ4v) is 13.8. The molecule has 0 heterocycles. The smallest absolute Gasteiger partial charge is 0.462 e. The van der Waals surface area contributed by atoms with Gasteiger partial charge in [-0.25, -0.2) is 9.13 Å². The Morgan fingerprint density at radius 1 is 0.293 bits per heavy atom. The summed E-state index contributed by atoms with van der Waals surface area (Å²) in [5.41, 5.74) is 0. The molecule has 0 aliphatic rings. The van der Waals surface area contributed by atoms with E-state index in [9.17, 15) is 43.2 Å². The number of unbranched alkanes of at least 4 members (excludes halogenated alkanes) is 44. The van der Waals surface area contributed by atoms with E-state index >= 15 is 0 Å². The Morgan fingerprint density at radius 2 is 0.515 bits per heavy atom. The molecule has 0 bridgehead atoms. The van der Waals surface area contributed by atoms with Crippen molar-refractivity contribution in [1.82, 2.24) is 0 Å². The molecule has 588 valence electrons.